The highest BCUT2D eigenvalue weighted by atomic mass is 16.5. The summed E-state index contributed by atoms with van der Waals surface area (Å²) < 4.78 is 10.4. The molecular formula is C13H21NO2. The lowest BCUT2D eigenvalue weighted by Crippen LogP contribution is -2.29. The van der Waals surface area contributed by atoms with Gasteiger partial charge in [-0.15, -0.1) is 0 Å². The van der Waals surface area contributed by atoms with Gasteiger partial charge in [-0.25, -0.2) is 0 Å². The molecule has 0 fully saturated rings. The highest BCUT2D eigenvalue weighted by Crippen LogP contribution is 2.11. The molecule has 90 valence electrons. The quantitative estimate of drug-likeness (QED) is 0.768. The zero-order valence-electron chi connectivity index (χ0n) is 10.3. The van der Waals surface area contributed by atoms with Crippen LogP contribution in [0.3, 0.4) is 0 Å². The van der Waals surface area contributed by atoms with E-state index in [-0.39, 0.29) is 0 Å². The van der Waals surface area contributed by atoms with Crippen LogP contribution in [-0.2, 0) is 11.3 Å². The minimum Gasteiger partial charge on any atom is -0.494 e. The Balaban J connectivity index is 2.37. The molecule has 0 aliphatic carbocycles. The Hall–Kier alpha value is -1.06. The lowest BCUT2D eigenvalue weighted by molar-refractivity contribution is 0.171. The van der Waals surface area contributed by atoms with Crippen LogP contribution in [0.25, 0.3) is 0 Å². The van der Waals surface area contributed by atoms with Crippen LogP contribution in [0.4, 0.5) is 0 Å². The summed E-state index contributed by atoms with van der Waals surface area (Å²) >= 11 is 0. The van der Waals surface area contributed by atoms with Gasteiger partial charge >= 0.3 is 0 Å². The maximum Gasteiger partial charge on any atom is 0.119 e. The second-order valence-corrected chi connectivity index (χ2v) is 3.81. The van der Waals surface area contributed by atoms with Gasteiger partial charge in [0.25, 0.3) is 0 Å². The van der Waals surface area contributed by atoms with Crippen LogP contribution in [0.15, 0.2) is 24.3 Å². The molecule has 0 aliphatic rings. The number of methoxy groups -OCH3 is 1. The Bertz CT molecular complexity index is 284. The third-order valence-electron chi connectivity index (χ3n) is 2.31. The second kappa shape index (κ2) is 7.25. The van der Waals surface area contributed by atoms with Gasteiger partial charge in [-0.3, -0.25) is 0 Å². The molecule has 0 amide bonds. The van der Waals surface area contributed by atoms with Crippen molar-refractivity contribution in [2.45, 2.75) is 26.4 Å². The molecule has 0 saturated carbocycles. The number of hydrogen-bond acceptors (Lipinski definition) is 3. The standard InChI is InChI=1S/C13H21NO2/c1-4-16-13-7-5-12(6-8-13)9-14-11(2)10-15-3/h5-8,11,14H,4,9-10H2,1-3H3. The van der Waals surface area contributed by atoms with Crippen molar-refractivity contribution in [3.63, 3.8) is 0 Å². The summed E-state index contributed by atoms with van der Waals surface area (Å²) in [5.41, 5.74) is 1.26. The minimum absolute atomic E-state index is 0.372. The molecule has 3 heteroatoms. The van der Waals surface area contributed by atoms with E-state index in [0.29, 0.717) is 12.6 Å². The first-order valence-electron chi connectivity index (χ1n) is 5.70. The van der Waals surface area contributed by atoms with Crippen LogP contribution in [-0.4, -0.2) is 26.4 Å². The molecule has 3 nitrogen and oxygen atoms in total. The van der Waals surface area contributed by atoms with E-state index >= 15 is 0 Å². The molecule has 16 heavy (non-hydrogen) atoms. The summed E-state index contributed by atoms with van der Waals surface area (Å²) in [6, 6.07) is 8.54. The van der Waals surface area contributed by atoms with Crippen molar-refractivity contribution in [2.24, 2.45) is 0 Å². The van der Waals surface area contributed by atoms with E-state index < -0.39 is 0 Å². The van der Waals surface area contributed by atoms with E-state index in [1.165, 1.54) is 5.56 Å². The molecule has 0 bridgehead atoms. The van der Waals surface area contributed by atoms with Gasteiger partial charge in [0.1, 0.15) is 5.75 Å². The first-order chi connectivity index (χ1) is 7.76. The monoisotopic (exact) mass is 223 g/mol. The number of nitrogens with one attached hydrogen (secondary N) is 1. The maximum absolute atomic E-state index is 5.38. The maximum atomic E-state index is 5.38. The fourth-order valence-electron chi connectivity index (χ4n) is 1.47. The van der Waals surface area contributed by atoms with Gasteiger partial charge < -0.3 is 14.8 Å². The smallest absolute Gasteiger partial charge is 0.119 e. The van der Waals surface area contributed by atoms with E-state index in [1.54, 1.807) is 7.11 Å². The van der Waals surface area contributed by atoms with Crippen molar-refractivity contribution < 1.29 is 9.47 Å². The molecule has 1 aromatic carbocycles. The largest absolute Gasteiger partial charge is 0.494 e. The average molecular weight is 223 g/mol. The normalized spacial score (nSPS) is 12.4. The molecule has 0 spiro atoms. The summed E-state index contributed by atoms with van der Waals surface area (Å²) in [6.07, 6.45) is 0. The van der Waals surface area contributed by atoms with Crippen molar-refractivity contribution in [3.8, 4) is 5.75 Å². The lowest BCUT2D eigenvalue weighted by atomic mass is 10.2. The van der Waals surface area contributed by atoms with Crippen molar-refractivity contribution >= 4 is 0 Å². The van der Waals surface area contributed by atoms with Crippen LogP contribution < -0.4 is 10.1 Å². The summed E-state index contributed by atoms with van der Waals surface area (Å²) in [7, 11) is 1.72. The molecule has 1 rings (SSSR count). The molecule has 1 unspecified atom stereocenters. The zero-order valence-corrected chi connectivity index (χ0v) is 10.3. The molecule has 0 aromatic heterocycles. The molecule has 0 heterocycles. The first kappa shape index (κ1) is 13.0. The van der Waals surface area contributed by atoms with E-state index in [9.17, 15) is 0 Å². The Morgan fingerprint density at radius 3 is 2.50 bits per heavy atom. The highest BCUT2D eigenvalue weighted by molar-refractivity contribution is 5.27. The SMILES string of the molecule is CCOc1ccc(CNC(C)COC)cc1. The lowest BCUT2D eigenvalue weighted by Gasteiger charge is -2.12. The summed E-state index contributed by atoms with van der Waals surface area (Å²) in [4.78, 5) is 0. The van der Waals surface area contributed by atoms with Crippen molar-refractivity contribution in [3.05, 3.63) is 29.8 Å². The van der Waals surface area contributed by atoms with Gasteiger partial charge in [-0.1, -0.05) is 12.1 Å². The Labute approximate surface area is 97.8 Å². The number of ether oxygens (including phenoxy) is 2. The Kier molecular flexibility index (Phi) is 5.90. The number of benzene rings is 1. The predicted octanol–water partition coefficient (Wildman–Crippen LogP) is 2.21. The molecule has 1 atom stereocenters. The number of rotatable bonds is 7. The molecule has 1 aromatic rings. The van der Waals surface area contributed by atoms with Crippen LogP contribution in [0.5, 0.6) is 5.75 Å². The van der Waals surface area contributed by atoms with Gasteiger partial charge in [0.2, 0.25) is 0 Å². The molecule has 0 radical (unpaired) electrons. The van der Waals surface area contributed by atoms with Crippen LogP contribution in [0.1, 0.15) is 19.4 Å². The third-order valence-corrected chi connectivity index (χ3v) is 2.31. The van der Waals surface area contributed by atoms with E-state index in [2.05, 4.69) is 24.4 Å². The first-order valence-corrected chi connectivity index (χ1v) is 5.70. The third kappa shape index (κ3) is 4.64. The molecule has 1 N–H and O–H groups in total. The summed E-state index contributed by atoms with van der Waals surface area (Å²) in [5.74, 6) is 0.927. The fourth-order valence-corrected chi connectivity index (χ4v) is 1.47. The van der Waals surface area contributed by atoms with Gasteiger partial charge in [-0.05, 0) is 31.5 Å². The summed E-state index contributed by atoms with van der Waals surface area (Å²) in [6.45, 7) is 6.40. The second-order valence-electron chi connectivity index (χ2n) is 3.81. The number of hydrogen-bond donors (Lipinski definition) is 1. The predicted molar refractivity (Wildman–Crippen MR) is 65.8 cm³/mol. The average Bonchev–Trinajstić information content (AvgIpc) is 2.29. The van der Waals surface area contributed by atoms with Gasteiger partial charge in [0, 0.05) is 19.7 Å². The Morgan fingerprint density at radius 1 is 1.25 bits per heavy atom. The minimum atomic E-state index is 0.372. The van der Waals surface area contributed by atoms with E-state index in [4.69, 9.17) is 9.47 Å². The van der Waals surface area contributed by atoms with Crippen LogP contribution in [0, 0.1) is 0 Å². The summed E-state index contributed by atoms with van der Waals surface area (Å²) in [5, 5.41) is 3.39. The van der Waals surface area contributed by atoms with Gasteiger partial charge in [-0.2, -0.15) is 0 Å². The van der Waals surface area contributed by atoms with E-state index in [1.807, 2.05) is 19.1 Å². The molecule has 0 saturated heterocycles. The van der Waals surface area contributed by atoms with Crippen molar-refractivity contribution in [1.82, 2.24) is 5.32 Å². The van der Waals surface area contributed by atoms with Crippen LogP contribution >= 0.6 is 0 Å². The van der Waals surface area contributed by atoms with E-state index in [0.717, 1.165) is 18.9 Å². The topological polar surface area (TPSA) is 30.5 Å². The van der Waals surface area contributed by atoms with Crippen molar-refractivity contribution in [1.29, 1.82) is 0 Å². The molecular weight excluding hydrogens is 202 g/mol. The van der Waals surface area contributed by atoms with Gasteiger partial charge in [0.15, 0.2) is 0 Å². The Morgan fingerprint density at radius 2 is 1.94 bits per heavy atom. The van der Waals surface area contributed by atoms with Gasteiger partial charge in [0.05, 0.1) is 13.2 Å². The van der Waals surface area contributed by atoms with Crippen molar-refractivity contribution in [2.75, 3.05) is 20.3 Å². The zero-order chi connectivity index (χ0) is 11.8. The fraction of sp³-hybridized carbons (Fsp3) is 0.538. The molecule has 0 aliphatic heterocycles. The van der Waals surface area contributed by atoms with Crippen LogP contribution in [0.2, 0.25) is 0 Å². The highest BCUT2D eigenvalue weighted by Gasteiger charge is 2.00.